The molecule has 1 aliphatic rings. The number of ether oxygens (including phenoxy) is 2. The van der Waals surface area contributed by atoms with Crippen molar-refractivity contribution in [3.63, 3.8) is 0 Å². The first-order valence-corrected chi connectivity index (χ1v) is 7.50. The fraction of sp³-hybridized carbons (Fsp3) is 0.529. The Hall–Kier alpha value is -1.88. The van der Waals surface area contributed by atoms with Crippen molar-refractivity contribution in [1.29, 1.82) is 0 Å². The van der Waals surface area contributed by atoms with Crippen molar-refractivity contribution < 1.29 is 19.1 Å². The number of carbonyl (C=O) groups is 2. The summed E-state index contributed by atoms with van der Waals surface area (Å²) in [5.41, 5.74) is 0.612. The Bertz CT molecular complexity index is 521. The maximum absolute atomic E-state index is 12.0. The van der Waals surface area contributed by atoms with Gasteiger partial charge in [-0.25, -0.2) is 0 Å². The second-order valence-corrected chi connectivity index (χ2v) is 6.57. The zero-order valence-electron chi connectivity index (χ0n) is 13.3. The van der Waals surface area contributed by atoms with Crippen LogP contribution < -0.4 is 5.32 Å². The van der Waals surface area contributed by atoms with Crippen LogP contribution in [0.15, 0.2) is 30.3 Å². The van der Waals surface area contributed by atoms with Gasteiger partial charge < -0.3 is 14.8 Å². The first kappa shape index (κ1) is 16.5. The Balaban J connectivity index is 1.77. The molecule has 1 heterocycles. The summed E-state index contributed by atoms with van der Waals surface area (Å²) in [6.07, 6.45) is 0.691. The Kier molecular flexibility index (Phi) is 5.19. The molecule has 2 atom stereocenters. The molecular formula is C17H23NO4. The molecule has 0 aliphatic carbocycles. The largest absolute Gasteiger partial charge is 0.427 e. The molecule has 0 aromatic heterocycles. The number of nitrogens with one attached hydrogen (secondary N) is 1. The number of hydrogen-bond acceptors (Lipinski definition) is 5. The highest BCUT2D eigenvalue weighted by Gasteiger charge is 2.31. The lowest BCUT2D eigenvalue weighted by atomic mass is 9.96. The van der Waals surface area contributed by atoms with Crippen molar-refractivity contribution in [2.45, 2.75) is 39.2 Å². The summed E-state index contributed by atoms with van der Waals surface area (Å²) in [5, 5.41) is 3.16. The minimum Gasteiger partial charge on any atom is -0.427 e. The average molecular weight is 305 g/mol. The van der Waals surface area contributed by atoms with E-state index in [-0.39, 0.29) is 24.8 Å². The first-order valence-electron chi connectivity index (χ1n) is 7.50. The Morgan fingerprint density at radius 2 is 1.86 bits per heavy atom. The van der Waals surface area contributed by atoms with E-state index in [0.29, 0.717) is 12.3 Å². The van der Waals surface area contributed by atoms with Crippen molar-refractivity contribution >= 4 is 11.9 Å². The number of carbonyl (C=O) groups excluding carboxylic acids is 2. The number of benzene rings is 1. The van der Waals surface area contributed by atoms with E-state index in [2.05, 4.69) is 17.4 Å². The van der Waals surface area contributed by atoms with Gasteiger partial charge in [-0.2, -0.15) is 0 Å². The van der Waals surface area contributed by atoms with E-state index in [1.165, 1.54) is 5.56 Å². The minimum absolute atomic E-state index is 0.302. The first-order chi connectivity index (χ1) is 10.4. The molecule has 0 saturated carbocycles. The average Bonchev–Trinajstić information content (AvgIpc) is 2.97. The normalized spacial score (nSPS) is 21.4. The smallest absolute Gasteiger partial charge is 0.326 e. The van der Waals surface area contributed by atoms with Gasteiger partial charge in [0.2, 0.25) is 6.79 Å². The number of hydrogen-bond donors (Lipinski definition) is 1. The van der Waals surface area contributed by atoms with E-state index in [1.54, 1.807) is 20.8 Å². The van der Waals surface area contributed by atoms with E-state index in [1.807, 2.05) is 18.2 Å². The van der Waals surface area contributed by atoms with Gasteiger partial charge in [-0.1, -0.05) is 30.3 Å². The zero-order chi connectivity index (χ0) is 16.2. The molecule has 1 aromatic carbocycles. The van der Waals surface area contributed by atoms with Gasteiger partial charge in [0.25, 0.3) is 0 Å². The Morgan fingerprint density at radius 3 is 2.50 bits per heavy atom. The highest BCUT2D eigenvalue weighted by atomic mass is 16.7. The van der Waals surface area contributed by atoms with Gasteiger partial charge in [0.1, 0.15) is 6.04 Å². The molecule has 120 valence electrons. The van der Waals surface area contributed by atoms with Crippen LogP contribution in [0.5, 0.6) is 0 Å². The van der Waals surface area contributed by atoms with Gasteiger partial charge in [-0.3, -0.25) is 9.59 Å². The highest BCUT2D eigenvalue weighted by molar-refractivity contribution is 5.77. The minimum atomic E-state index is -0.601. The van der Waals surface area contributed by atoms with Gasteiger partial charge in [0.05, 0.1) is 5.41 Å². The molecule has 1 N–H and O–H groups in total. The van der Waals surface area contributed by atoms with Crippen LogP contribution in [0.2, 0.25) is 0 Å². The SMILES string of the molecule is CC(C)(C)C(=O)OCOC(=O)[C@@H]1C[C@H](c2ccccc2)CN1. The van der Waals surface area contributed by atoms with Crippen LogP contribution in [0.1, 0.15) is 38.7 Å². The second-order valence-electron chi connectivity index (χ2n) is 6.57. The molecule has 0 amide bonds. The maximum Gasteiger partial charge on any atom is 0.326 e. The summed E-state index contributed by atoms with van der Waals surface area (Å²) in [6, 6.07) is 9.73. The molecule has 0 unspecified atom stereocenters. The topological polar surface area (TPSA) is 64.6 Å². The second kappa shape index (κ2) is 6.92. The van der Waals surface area contributed by atoms with Crippen LogP contribution in [-0.4, -0.2) is 31.3 Å². The van der Waals surface area contributed by atoms with Crippen LogP contribution in [0.3, 0.4) is 0 Å². The van der Waals surface area contributed by atoms with Crippen molar-refractivity contribution in [3.8, 4) is 0 Å². The molecule has 22 heavy (non-hydrogen) atoms. The zero-order valence-corrected chi connectivity index (χ0v) is 13.3. The molecular weight excluding hydrogens is 282 g/mol. The van der Waals surface area contributed by atoms with Crippen molar-refractivity contribution in [2.24, 2.45) is 5.41 Å². The van der Waals surface area contributed by atoms with Gasteiger partial charge >= 0.3 is 11.9 Å². The van der Waals surface area contributed by atoms with E-state index in [9.17, 15) is 9.59 Å². The van der Waals surface area contributed by atoms with E-state index < -0.39 is 5.41 Å². The van der Waals surface area contributed by atoms with Crippen molar-refractivity contribution in [2.75, 3.05) is 13.3 Å². The van der Waals surface area contributed by atoms with Gasteiger partial charge in [-0.05, 0) is 38.7 Å². The van der Waals surface area contributed by atoms with Crippen LogP contribution in [0.4, 0.5) is 0 Å². The van der Waals surface area contributed by atoms with Crippen LogP contribution in [0.25, 0.3) is 0 Å². The van der Waals surface area contributed by atoms with E-state index >= 15 is 0 Å². The number of rotatable bonds is 4. The van der Waals surface area contributed by atoms with Gasteiger partial charge in [-0.15, -0.1) is 0 Å². The molecule has 0 radical (unpaired) electrons. The molecule has 1 fully saturated rings. The molecule has 0 spiro atoms. The fourth-order valence-corrected chi connectivity index (χ4v) is 2.35. The summed E-state index contributed by atoms with van der Waals surface area (Å²) < 4.78 is 9.97. The monoisotopic (exact) mass is 305 g/mol. The standard InChI is InChI=1S/C17H23NO4/c1-17(2,3)16(20)22-11-21-15(19)14-9-13(10-18-14)12-7-5-4-6-8-12/h4-8,13-14,18H,9-11H2,1-3H3/t13-,14-/m0/s1. The fourth-order valence-electron chi connectivity index (χ4n) is 2.35. The highest BCUT2D eigenvalue weighted by Crippen LogP contribution is 2.26. The molecule has 1 saturated heterocycles. The third-order valence-corrected chi connectivity index (χ3v) is 3.69. The van der Waals surface area contributed by atoms with Gasteiger partial charge in [0.15, 0.2) is 0 Å². The third-order valence-electron chi connectivity index (χ3n) is 3.69. The van der Waals surface area contributed by atoms with Crippen LogP contribution in [0, 0.1) is 5.41 Å². The summed E-state index contributed by atoms with van der Waals surface area (Å²) in [5.74, 6) is -0.460. The van der Waals surface area contributed by atoms with Crippen LogP contribution in [-0.2, 0) is 19.1 Å². The quantitative estimate of drug-likeness (QED) is 0.682. The maximum atomic E-state index is 12.0. The lowest BCUT2D eigenvalue weighted by Crippen LogP contribution is -2.33. The molecule has 1 aliphatic heterocycles. The van der Waals surface area contributed by atoms with Gasteiger partial charge in [0, 0.05) is 6.54 Å². The molecule has 0 bridgehead atoms. The van der Waals surface area contributed by atoms with Crippen LogP contribution >= 0.6 is 0 Å². The summed E-state index contributed by atoms with van der Waals surface area (Å²) in [4.78, 5) is 23.6. The molecule has 5 nitrogen and oxygen atoms in total. The van der Waals surface area contributed by atoms with Crippen molar-refractivity contribution in [1.82, 2.24) is 5.32 Å². The summed E-state index contributed by atoms with van der Waals surface area (Å²) >= 11 is 0. The lowest BCUT2D eigenvalue weighted by Gasteiger charge is -2.17. The van der Waals surface area contributed by atoms with E-state index in [4.69, 9.17) is 9.47 Å². The number of esters is 2. The third kappa shape index (κ3) is 4.31. The summed E-state index contributed by atoms with van der Waals surface area (Å²) in [6.45, 7) is 5.66. The van der Waals surface area contributed by atoms with E-state index in [0.717, 1.165) is 6.54 Å². The predicted octanol–water partition coefficient (Wildman–Crippen LogP) is 2.22. The molecule has 2 rings (SSSR count). The lowest BCUT2D eigenvalue weighted by molar-refractivity contribution is -0.174. The Morgan fingerprint density at radius 1 is 1.18 bits per heavy atom. The van der Waals surface area contributed by atoms with Crippen molar-refractivity contribution in [3.05, 3.63) is 35.9 Å². The molecule has 1 aromatic rings. The molecule has 5 heteroatoms. The predicted molar refractivity (Wildman–Crippen MR) is 82.1 cm³/mol. The Labute approximate surface area is 131 Å². The summed E-state index contributed by atoms with van der Waals surface area (Å²) in [7, 11) is 0.